The number of ether oxygens (including phenoxy) is 1. The summed E-state index contributed by atoms with van der Waals surface area (Å²) in [5, 5.41) is 3.47. The number of guanidine groups is 1. The fraction of sp³-hybridized carbons (Fsp3) is 0.360. The minimum absolute atomic E-state index is 0.0566. The molecule has 0 aliphatic carbocycles. The fourth-order valence-corrected chi connectivity index (χ4v) is 3.86. The minimum Gasteiger partial charge on any atom is -0.444 e. The van der Waals surface area contributed by atoms with Crippen LogP contribution in [0.1, 0.15) is 28.5 Å². The van der Waals surface area contributed by atoms with Gasteiger partial charge in [-0.1, -0.05) is 42.0 Å². The van der Waals surface area contributed by atoms with Gasteiger partial charge in [-0.25, -0.2) is 4.98 Å². The Kier molecular flexibility index (Phi) is 6.67. The van der Waals surface area contributed by atoms with Crippen LogP contribution in [0.2, 0.25) is 0 Å². The van der Waals surface area contributed by atoms with Crippen LogP contribution in [0.5, 0.6) is 0 Å². The summed E-state index contributed by atoms with van der Waals surface area (Å²) in [6, 6.07) is 16.6. The zero-order valence-electron chi connectivity index (χ0n) is 18.5. The lowest BCUT2D eigenvalue weighted by Crippen LogP contribution is -2.48. The van der Waals surface area contributed by atoms with Crippen LogP contribution in [0.4, 0.5) is 0 Å². The number of aliphatic imine (C=N–C) groups is 1. The predicted octanol–water partition coefficient (Wildman–Crippen LogP) is 4.15. The molecular weight excluding hydrogens is 388 g/mol. The van der Waals surface area contributed by atoms with E-state index >= 15 is 0 Å². The molecule has 1 atom stereocenters. The summed E-state index contributed by atoms with van der Waals surface area (Å²) in [7, 11) is 1.83. The van der Waals surface area contributed by atoms with Gasteiger partial charge >= 0.3 is 0 Å². The molecular formula is C25H30N4O2. The molecule has 0 radical (unpaired) electrons. The monoisotopic (exact) mass is 418 g/mol. The number of oxazole rings is 1. The van der Waals surface area contributed by atoms with Crippen molar-refractivity contribution in [2.45, 2.75) is 26.4 Å². The molecule has 1 aromatic heterocycles. The van der Waals surface area contributed by atoms with Gasteiger partial charge in [0.15, 0.2) is 5.96 Å². The van der Waals surface area contributed by atoms with Crippen molar-refractivity contribution in [3.05, 3.63) is 77.2 Å². The van der Waals surface area contributed by atoms with Gasteiger partial charge in [0.05, 0.1) is 18.8 Å². The zero-order chi connectivity index (χ0) is 21.6. The number of morpholine rings is 1. The molecule has 162 valence electrons. The molecule has 2 heterocycles. The largest absolute Gasteiger partial charge is 0.444 e. The molecule has 1 aliphatic heterocycles. The number of hydrogen-bond donors (Lipinski definition) is 1. The number of hydrogen-bond acceptors (Lipinski definition) is 4. The summed E-state index contributed by atoms with van der Waals surface area (Å²) >= 11 is 0. The highest BCUT2D eigenvalue weighted by Crippen LogP contribution is 2.25. The first-order valence-electron chi connectivity index (χ1n) is 10.8. The summed E-state index contributed by atoms with van der Waals surface area (Å²) in [6.07, 6.45) is 2.56. The van der Waals surface area contributed by atoms with E-state index in [4.69, 9.17) is 9.15 Å². The number of nitrogens with one attached hydrogen (secondary N) is 1. The molecule has 0 bridgehead atoms. The first kappa shape index (κ1) is 21.1. The van der Waals surface area contributed by atoms with Gasteiger partial charge in [0.25, 0.3) is 0 Å². The van der Waals surface area contributed by atoms with Crippen molar-refractivity contribution < 1.29 is 9.15 Å². The standard InChI is InChI=1S/C25H30N4O2/c1-18-8-10-20(11-9-18)24-28-21(17-31-24)12-13-27-25(26-3)29-14-15-30-23(16-29)22-7-5-4-6-19(22)2/h4-11,17,23H,12-16H2,1-3H3,(H,26,27). The summed E-state index contributed by atoms with van der Waals surface area (Å²) in [5.41, 5.74) is 5.65. The second kappa shape index (κ2) is 9.79. The molecule has 1 saturated heterocycles. The van der Waals surface area contributed by atoms with Crippen LogP contribution in [0.3, 0.4) is 0 Å². The smallest absolute Gasteiger partial charge is 0.226 e. The van der Waals surface area contributed by atoms with E-state index in [2.05, 4.69) is 70.4 Å². The van der Waals surface area contributed by atoms with E-state index in [9.17, 15) is 0 Å². The van der Waals surface area contributed by atoms with Crippen LogP contribution >= 0.6 is 0 Å². The third-order valence-electron chi connectivity index (χ3n) is 5.63. The first-order valence-corrected chi connectivity index (χ1v) is 10.8. The molecule has 1 fully saturated rings. The van der Waals surface area contributed by atoms with Gasteiger partial charge in [0.1, 0.15) is 12.4 Å². The summed E-state index contributed by atoms with van der Waals surface area (Å²) < 4.78 is 11.7. The van der Waals surface area contributed by atoms with Crippen LogP contribution in [0.25, 0.3) is 11.5 Å². The SMILES string of the molecule is CN=C(NCCc1coc(-c2ccc(C)cc2)n1)N1CCOC(c2ccccc2C)C1. The normalized spacial score (nSPS) is 17.1. The number of benzene rings is 2. The molecule has 0 saturated carbocycles. The van der Waals surface area contributed by atoms with Crippen molar-refractivity contribution in [2.75, 3.05) is 33.3 Å². The van der Waals surface area contributed by atoms with Gasteiger partial charge in [0.2, 0.25) is 5.89 Å². The van der Waals surface area contributed by atoms with Gasteiger partial charge in [0, 0.05) is 32.1 Å². The van der Waals surface area contributed by atoms with Crippen LogP contribution in [-0.4, -0.2) is 49.1 Å². The summed E-state index contributed by atoms with van der Waals surface area (Å²) in [5.74, 6) is 1.55. The number of rotatable bonds is 5. The van der Waals surface area contributed by atoms with E-state index < -0.39 is 0 Å². The third kappa shape index (κ3) is 5.14. The molecule has 1 aliphatic rings. The lowest BCUT2D eigenvalue weighted by Gasteiger charge is -2.35. The van der Waals surface area contributed by atoms with Crippen molar-refractivity contribution in [1.29, 1.82) is 0 Å². The average Bonchev–Trinajstić information content (AvgIpc) is 3.26. The number of aromatic nitrogens is 1. The fourth-order valence-electron chi connectivity index (χ4n) is 3.86. The quantitative estimate of drug-likeness (QED) is 0.498. The number of nitrogens with zero attached hydrogens (tertiary/aromatic N) is 3. The van der Waals surface area contributed by atoms with Gasteiger partial charge in [-0.2, -0.15) is 0 Å². The Bertz CT molecular complexity index is 1030. The maximum absolute atomic E-state index is 6.05. The molecule has 4 rings (SSSR count). The van der Waals surface area contributed by atoms with Crippen LogP contribution in [0, 0.1) is 13.8 Å². The van der Waals surface area contributed by atoms with E-state index in [1.165, 1.54) is 16.7 Å². The second-order valence-electron chi connectivity index (χ2n) is 7.90. The Morgan fingerprint density at radius 1 is 1.16 bits per heavy atom. The Hall–Kier alpha value is -3.12. The van der Waals surface area contributed by atoms with E-state index in [1.54, 1.807) is 6.26 Å². The summed E-state index contributed by atoms with van der Waals surface area (Å²) in [6.45, 7) is 7.23. The maximum Gasteiger partial charge on any atom is 0.226 e. The van der Waals surface area contributed by atoms with Crippen LogP contribution in [-0.2, 0) is 11.2 Å². The van der Waals surface area contributed by atoms with E-state index in [0.29, 0.717) is 12.5 Å². The Morgan fingerprint density at radius 2 is 1.97 bits per heavy atom. The summed E-state index contributed by atoms with van der Waals surface area (Å²) in [4.78, 5) is 11.4. The molecule has 2 aromatic carbocycles. The zero-order valence-corrected chi connectivity index (χ0v) is 18.5. The van der Waals surface area contributed by atoms with Gasteiger partial charge in [-0.15, -0.1) is 0 Å². The highest BCUT2D eigenvalue weighted by Gasteiger charge is 2.25. The molecule has 0 spiro atoms. The Balaban J connectivity index is 1.33. The van der Waals surface area contributed by atoms with Crippen molar-refractivity contribution in [2.24, 2.45) is 4.99 Å². The van der Waals surface area contributed by atoms with Crippen molar-refractivity contribution in [1.82, 2.24) is 15.2 Å². The second-order valence-corrected chi connectivity index (χ2v) is 7.90. The molecule has 31 heavy (non-hydrogen) atoms. The van der Waals surface area contributed by atoms with Crippen LogP contribution < -0.4 is 5.32 Å². The van der Waals surface area contributed by atoms with Gasteiger partial charge in [-0.3, -0.25) is 4.99 Å². The highest BCUT2D eigenvalue weighted by atomic mass is 16.5. The topological polar surface area (TPSA) is 62.9 Å². The molecule has 6 heteroatoms. The molecule has 3 aromatic rings. The lowest BCUT2D eigenvalue weighted by molar-refractivity contribution is -0.00829. The number of aryl methyl sites for hydroxylation is 2. The van der Waals surface area contributed by atoms with Crippen molar-refractivity contribution >= 4 is 5.96 Å². The predicted molar refractivity (Wildman–Crippen MR) is 123 cm³/mol. The Labute approximate surface area is 184 Å². The van der Waals surface area contributed by atoms with Gasteiger partial charge < -0.3 is 19.4 Å². The average molecular weight is 419 g/mol. The highest BCUT2D eigenvalue weighted by molar-refractivity contribution is 5.80. The maximum atomic E-state index is 6.05. The van der Waals surface area contributed by atoms with E-state index in [1.807, 2.05) is 19.2 Å². The minimum atomic E-state index is 0.0566. The van der Waals surface area contributed by atoms with Crippen molar-refractivity contribution in [3.63, 3.8) is 0 Å². The van der Waals surface area contributed by atoms with Gasteiger partial charge in [-0.05, 0) is 37.1 Å². The Morgan fingerprint density at radius 3 is 2.74 bits per heavy atom. The molecule has 1 N–H and O–H groups in total. The van der Waals surface area contributed by atoms with E-state index in [-0.39, 0.29) is 6.10 Å². The molecule has 1 unspecified atom stereocenters. The third-order valence-corrected chi connectivity index (χ3v) is 5.63. The van der Waals surface area contributed by atoms with E-state index in [0.717, 1.165) is 43.3 Å². The lowest BCUT2D eigenvalue weighted by atomic mass is 10.0. The molecule has 0 amide bonds. The van der Waals surface area contributed by atoms with Crippen LogP contribution in [0.15, 0.2) is 64.2 Å². The first-order chi connectivity index (χ1) is 15.1. The molecule has 6 nitrogen and oxygen atoms in total. The van der Waals surface area contributed by atoms with Crippen molar-refractivity contribution in [3.8, 4) is 11.5 Å².